The molecule has 0 bridgehead atoms. The van der Waals surface area contributed by atoms with Crippen molar-refractivity contribution >= 4 is 44.9 Å². The number of thioether (sulfide) groups is 1. The Bertz CT molecular complexity index is 892. The van der Waals surface area contributed by atoms with E-state index in [-0.39, 0.29) is 0 Å². The lowest BCUT2D eigenvalue weighted by atomic mass is 9.88. The van der Waals surface area contributed by atoms with Crippen molar-refractivity contribution in [2.24, 2.45) is 0 Å². The molecule has 0 saturated heterocycles. The predicted molar refractivity (Wildman–Crippen MR) is 111 cm³/mol. The lowest BCUT2D eigenvalue weighted by Gasteiger charge is -2.22. The first-order chi connectivity index (χ1) is 12.2. The van der Waals surface area contributed by atoms with Crippen LogP contribution in [-0.2, 0) is 6.42 Å². The maximum atomic E-state index is 6.61. The Morgan fingerprint density at radius 2 is 2.12 bits per heavy atom. The third-order valence-corrected chi connectivity index (χ3v) is 7.20. The second-order valence-electron chi connectivity index (χ2n) is 6.50. The first-order valence-corrected chi connectivity index (χ1v) is 10.8. The van der Waals surface area contributed by atoms with E-state index in [0.717, 1.165) is 40.1 Å². The molecule has 1 aliphatic heterocycles. The van der Waals surface area contributed by atoms with Gasteiger partial charge in [0.05, 0.1) is 9.72 Å². The number of hydrogen-bond donors (Lipinski definition) is 0. The second-order valence-corrected chi connectivity index (χ2v) is 9.41. The summed E-state index contributed by atoms with van der Waals surface area (Å²) in [6.07, 6.45) is 1.04. The standard InChI is InChI=1S/C20H21ClN2S2/c1-3-24-20-22-18-16(21)11-14-9-10-23(2)12-15(17(14)19(18)25-20)13-7-5-4-6-8-13/h4-8,11,15H,3,9-10,12H2,1-2H3/t15-/m1/s1. The molecular formula is C20H21ClN2S2. The Labute approximate surface area is 162 Å². The monoisotopic (exact) mass is 388 g/mol. The van der Waals surface area contributed by atoms with Crippen LogP contribution in [0.5, 0.6) is 0 Å². The summed E-state index contributed by atoms with van der Waals surface area (Å²) in [6, 6.07) is 13.0. The largest absolute Gasteiger partial charge is 0.305 e. The lowest BCUT2D eigenvalue weighted by Crippen LogP contribution is -2.24. The second kappa shape index (κ2) is 7.28. The molecule has 0 N–H and O–H groups in total. The van der Waals surface area contributed by atoms with Gasteiger partial charge in [0, 0.05) is 19.0 Å². The van der Waals surface area contributed by atoms with Gasteiger partial charge in [-0.3, -0.25) is 0 Å². The van der Waals surface area contributed by atoms with Crippen LogP contribution in [0.25, 0.3) is 10.2 Å². The maximum absolute atomic E-state index is 6.61. The zero-order chi connectivity index (χ0) is 17.4. The van der Waals surface area contributed by atoms with Gasteiger partial charge in [0.25, 0.3) is 0 Å². The van der Waals surface area contributed by atoms with Crippen LogP contribution in [0, 0.1) is 0 Å². The van der Waals surface area contributed by atoms with Gasteiger partial charge in [-0.05, 0) is 42.0 Å². The van der Waals surface area contributed by atoms with E-state index in [9.17, 15) is 0 Å². The highest BCUT2D eigenvalue weighted by atomic mass is 35.5. The molecule has 1 aromatic heterocycles. The van der Waals surface area contributed by atoms with Crippen LogP contribution in [0.3, 0.4) is 0 Å². The molecule has 0 spiro atoms. The number of rotatable bonds is 3. The molecule has 5 heteroatoms. The van der Waals surface area contributed by atoms with Gasteiger partial charge in [-0.1, -0.05) is 60.6 Å². The topological polar surface area (TPSA) is 16.1 Å². The van der Waals surface area contributed by atoms with Crippen LogP contribution in [0.1, 0.15) is 29.5 Å². The third-order valence-electron chi connectivity index (χ3n) is 4.80. The number of likely N-dealkylation sites (N-methyl/N-ethyl adjacent to an activating group) is 1. The van der Waals surface area contributed by atoms with Crippen molar-refractivity contribution in [1.29, 1.82) is 0 Å². The minimum absolute atomic E-state index is 0.364. The van der Waals surface area contributed by atoms with Crippen LogP contribution in [0.4, 0.5) is 0 Å². The molecule has 0 unspecified atom stereocenters. The van der Waals surface area contributed by atoms with Crippen molar-refractivity contribution in [1.82, 2.24) is 9.88 Å². The third kappa shape index (κ3) is 3.33. The van der Waals surface area contributed by atoms with Crippen molar-refractivity contribution in [2.45, 2.75) is 23.6 Å². The number of halogens is 1. The summed E-state index contributed by atoms with van der Waals surface area (Å²) < 4.78 is 2.40. The highest BCUT2D eigenvalue weighted by Gasteiger charge is 2.27. The van der Waals surface area contributed by atoms with Gasteiger partial charge in [-0.2, -0.15) is 0 Å². The SMILES string of the molecule is CCSc1nc2c(Cl)cc3c(c2s1)[C@@H](c1ccccc1)CN(C)CC3. The smallest absolute Gasteiger partial charge is 0.151 e. The molecule has 2 aromatic carbocycles. The van der Waals surface area contributed by atoms with E-state index in [1.807, 2.05) is 11.3 Å². The molecule has 2 nitrogen and oxygen atoms in total. The van der Waals surface area contributed by atoms with Crippen LogP contribution in [-0.4, -0.2) is 35.8 Å². The minimum Gasteiger partial charge on any atom is -0.305 e. The van der Waals surface area contributed by atoms with E-state index in [1.165, 1.54) is 21.4 Å². The normalized spacial score (nSPS) is 18.3. The van der Waals surface area contributed by atoms with Gasteiger partial charge in [-0.25, -0.2) is 4.98 Å². The zero-order valence-corrected chi connectivity index (χ0v) is 16.8. The number of aromatic nitrogens is 1. The fraction of sp³-hybridized carbons (Fsp3) is 0.350. The van der Waals surface area contributed by atoms with Gasteiger partial charge in [0.15, 0.2) is 4.34 Å². The van der Waals surface area contributed by atoms with Crippen molar-refractivity contribution in [3.63, 3.8) is 0 Å². The number of hydrogen-bond acceptors (Lipinski definition) is 4. The van der Waals surface area contributed by atoms with E-state index in [4.69, 9.17) is 16.6 Å². The van der Waals surface area contributed by atoms with Crippen molar-refractivity contribution < 1.29 is 0 Å². The molecule has 25 heavy (non-hydrogen) atoms. The van der Waals surface area contributed by atoms with E-state index >= 15 is 0 Å². The molecule has 0 amide bonds. The molecule has 0 aliphatic carbocycles. The molecule has 1 aliphatic rings. The average Bonchev–Trinajstić information content (AvgIpc) is 2.96. The number of benzene rings is 2. The molecule has 3 aromatic rings. The average molecular weight is 389 g/mol. The van der Waals surface area contributed by atoms with Crippen LogP contribution < -0.4 is 0 Å². The van der Waals surface area contributed by atoms with E-state index in [0.29, 0.717) is 5.92 Å². The molecule has 0 radical (unpaired) electrons. The van der Waals surface area contributed by atoms with E-state index < -0.39 is 0 Å². The van der Waals surface area contributed by atoms with E-state index in [2.05, 4.69) is 55.3 Å². The Hall–Kier alpha value is -1.07. The minimum atomic E-state index is 0.364. The first-order valence-electron chi connectivity index (χ1n) is 8.65. The fourth-order valence-electron chi connectivity index (χ4n) is 3.63. The number of fused-ring (bicyclic) bond motifs is 3. The van der Waals surface area contributed by atoms with E-state index in [1.54, 1.807) is 11.8 Å². The van der Waals surface area contributed by atoms with Gasteiger partial charge in [-0.15, -0.1) is 11.3 Å². The first kappa shape index (κ1) is 17.3. The summed E-state index contributed by atoms with van der Waals surface area (Å²) in [7, 11) is 2.21. The molecule has 0 fully saturated rings. The summed E-state index contributed by atoms with van der Waals surface area (Å²) in [6.45, 7) is 4.26. The van der Waals surface area contributed by atoms with Crippen LogP contribution >= 0.6 is 34.7 Å². The Balaban J connectivity index is 1.96. The van der Waals surface area contributed by atoms with Crippen molar-refractivity contribution in [3.8, 4) is 0 Å². The summed E-state index contributed by atoms with van der Waals surface area (Å²) in [5.41, 5.74) is 5.17. The summed E-state index contributed by atoms with van der Waals surface area (Å²) >= 11 is 10.2. The van der Waals surface area contributed by atoms with Gasteiger partial charge >= 0.3 is 0 Å². The molecule has 130 valence electrons. The quantitative estimate of drug-likeness (QED) is 0.537. The van der Waals surface area contributed by atoms with Gasteiger partial charge in [0.2, 0.25) is 0 Å². The Kier molecular flexibility index (Phi) is 5.05. The van der Waals surface area contributed by atoms with Gasteiger partial charge < -0.3 is 4.90 Å². The van der Waals surface area contributed by atoms with Crippen molar-refractivity contribution in [3.05, 3.63) is 58.1 Å². The van der Waals surface area contributed by atoms with Crippen LogP contribution in [0.2, 0.25) is 5.02 Å². The van der Waals surface area contributed by atoms with Gasteiger partial charge in [0.1, 0.15) is 5.52 Å². The number of thiazole rings is 1. The Morgan fingerprint density at radius 3 is 2.88 bits per heavy atom. The predicted octanol–water partition coefficient (Wildman–Crippen LogP) is 5.68. The lowest BCUT2D eigenvalue weighted by molar-refractivity contribution is 0.338. The molecule has 1 atom stereocenters. The number of nitrogens with zero attached hydrogens (tertiary/aromatic N) is 2. The highest BCUT2D eigenvalue weighted by Crippen LogP contribution is 2.43. The zero-order valence-electron chi connectivity index (χ0n) is 14.5. The molecule has 4 rings (SSSR count). The molecular weight excluding hydrogens is 368 g/mol. The molecule has 2 heterocycles. The summed E-state index contributed by atoms with van der Waals surface area (Å²) in [4.78, 5) is 7.25. The maximum Gasteiger partial charge on any atom is 0.151 e. The Morgan fingerprint density at radius 1 is 1.32 bits per heavy atom. The van der Waals surface area contributed by atoms with Crippen LogP contribution in [0.15, 0.2) is 40.7 Å². The summed E-state index contributed by atoms with van der Waals surface area (Å²) in [5.74, 6) is 1.40. The molecule has 0 saturated carbocycles. The van der Waals surface area contributed by atoms with Crippen molar-refractivity contribution in [2.75, 3.05) is 25.9 Å². The fourth-order valence-corrected chi connectivity index (χ4v) is 6.14. The summed E-state index contributed by atoms with van der Waals surface area (Å²) in [5, 5.41) is 0.796. The highest BCUT2D eigenvalue weighted by molar-refractivity contribution is 8.01.